The van der Waals surface area contributed by atoms with E-state index in [1.54, 1.807) is 12.1 Å². The van der Waals surface area contributed by atoms with E-state index in [4.69, 9.17) is 39.1 Å². The number of hydrogen-bond acceptors (Lipinski definition) is 4. The topological polar surface area (TPSA) is 76.7 Å². The molecule has 4 atom stereocenters. The molecular weight excluding hydrogens is 535 g/mol. The second-order valence-corrected chi connectivity index (χ2v) is 11.4. The highest BCUT2D eigenvalue weighted by atomic mass is 35.5. The van der Waals surface area contributed by atoms with Crippen LogP contribution in [0, 0.1) is 24.2 Å². The Labute approximate surface area is 237 Å². The molecule has 2 fully saturated rings. The van der Waals surface area contributed by atoms with Crippen molar-refractivity contribution in [1.29, 1.82) is 0 Å². The maximum atomic E-state index is 14.3. The van der Waals surface area contributed by atoms with Crippen LogP contribution in [0.15, 0.2) is 59.7 Å². The van der Waals surface area contributed by atoms with Gasteiger partial charge in [0, 0.05) is 46.1 Å². The SMILES string of the molecule is C#Cc1ccc(OC2CCOCC2)c([C@@H]2NC(=O)C[C@@H](C3C=CC=C(Cl)C3)[C@]23C(=O)Nc2cc(Cl)ccc23)c1. The van der Waals surface area contributed by atoms with E-state index in [0.29, 0.717) is 52.3 Å². The van der Waals surface area contributed by atoms with Crippen molar-refractivity contribution in [2.75, 3.05) is 18.5 Å². The second kappa shape index (κ2) is 10.4. The summed E-state index contributed by atoms with van der Waals surface area (Å²) in [6.45, 7) is 1.24. The molecule has 1 unspecified atom stereocenters. The number of ether oxygens (including phenoxy) is 2. The lowest BCUT2D eigenvalue weighted by atomic mass is 9.57. The fraction of sp³-hybridized carbons (Fsp3) is 0.355. The van der Waals surface area contributed by atoms with Gasteiger partial charge in [0.05, 0.1) is 19.3 Å². The molecule has 0 bridgehead atoms. The van der Waals surface area contributed by atoms with Gasteiger partial charge < -0.3 is 20.1 Å². The Morgan fingerprint density at radius 1 is 1.08 bits per heavy atom. The summed E-state index contributed by atoms with van der Waals surface area (Å²) in [6.07, 6.45) is 13.8. The fourth-order valence-electron chi connectivity index (χ4n) is 6.59. The van der Waals surface area contributed by atoms with E-state index in [1.807, 2.05) is 42.5 Å². The van der Waals surface area contributed by atoms with E-state index >= 15 is 0 Å². The van der Waals surface area contributed by atoms with Crippen LogP contribution < -0.4 is 15.4 Å². The van der Waals surface area contributed by atoms with Gasteiger partial charge in [0.2, 0.25) is 11.8 Å². The number of benzene rings is 2. The first-order valence-electron chi connectivity index (χ1n) is 13.2. The van der Waals surface area contributed by atoms with E-state index in [1.165, 1.54) is 0 Å². The molecule has 2 aromatic rings. The third-order valence-corrected chi connectivity index (χ3v) is 8.85. The zero-order chi connectivity index (χ0) is 27.1. The normalized spacial score (nSPS) is 28.3. The lowest BCUT2D eigenvalue weighted by Gasteiger charge is -2.49. The maximum Gasteiger partial charge on any atom is 0.237 e. The summed E-state index contributed by atoms with van der Waals surface area (Å²) in [5.74, 6) is 2.43. The first kappa shape index (κ1) is 26.0. The Kier molecular flexibility index (Phi) is 6.93. The highest BCUT2D eigenvalue weighted by molar-refractivity contribution is 6.31. The molecule has 2 N–H and O–H groups in total. The van der Waals surface area contributed by atoms with Gasteiger partial charge in [0.1, 0.15) is 17.3 Å². The summed E-state index contributed by atoms with van der Waals surface area (Å²) < 4.78 is 12.0. The Morgan fingerprint density at radius 2 is 1.90 bits per heavy atom. The molecule has 3 aliphatic heterocycles. The number of fused-ring (bicyclic) bond motifs is 2. The Balaban J connectivity index is 1.55. The number of amides is 2. The number of halogens is 2. The van der Waals surface area contributed by atoms with Crippen LogP contribution in [0.1, 0.15) is 48.4 Å². The van der Waals surface area contributed by atoms with Gasteiger partial charge in [-0.2, -0.15) is 0 Å². The molecule has 0 radical (unpaired) electrons. The van der Waals surface area contributed by atoms with Gasteiger partial charge in [0.15, 0.2) is 0 Å². The van der Waals surface area contributed by atoms with Gasteiger partial charge >= 0.3 is 0 Å². The van der Waals surface area contributed by atoms with Gasteiger partial charge in [0.25, 0.3) is 0 Å². The number of hydrogen-bond donors (Lipinski definition) is 2. The van der Waals surface area contributed by atoms with Crippen molar-refractivity contribution < 1.29 is 19.1 Å². The molecule has 39 heavy (non-hydrogen) atoms. The molecule has 3 heterocycles. The zero-order valence-corrected chi connectivity index (χ0v) is 22.7. The lowest BCUT2D eigenvalue weighted by molar-refractivity contribution is -0.135. The van der Waals surface area contributed by atoms with E-state index in [9.17, 15) is 9.59 Å². The van der Waals surface area contributed by atoms with Gasteiger partial charge in [-0.3, -0.25) is 9.59 Å². The predicted octanol–water partition coefficient (Wildman–Crippen LogP) is 5.65. The van der Waals surface area contributed by atoms with Crippen LogP contribution in [-0.2, 0) is 19.7 Å². The van der Waals surface area contributed by atoms with Crippen molar-refractivity contribution in [3.8, 4) is 18.1 Å². The van der Waals surface area contributed by atoms with E-state index in [-0.39, 0.29) is 36.2 Å². The van der Waals surface area contributed by atoms with E-state index in [2.05, 4.69) is 16.6 Å². The molecule has 0 aromatic heterocycles. The fourth-order valence-corrected chi connectivity index (χ4v) is 7.01. The average molecular weight is 563 g/mol. The van der Waals surface area contributed by atoms with Crippen LogP contribution >= 0.6 is 23.2 Å². The zero-order valence-electron chi connectivity index (χ0n) is 21.2. The maximum absolute atomic E-state index is 14.3. The van der Waals surface area contributed by atoms with Gasteiger partial charge in [-0.05, 0) is 60.2 Å². The predicted molar refractivity (Wildman–Crippen MR) is 151 cm³/mol. The van der Waals surface area contributed by atoms with Crippen molar-refractivity contribution in [2.24, 2.45) is 11.8 Å². The summed E-state index contributed by atoms with van der Waals surface area (Å²) in [5, 5.41) is 7.46. The van der Waals surface area contributed by atoms with Gasteiger partial charge in [-0.1, -0.05) is 47.3 Å². The van der Waals surface area contributed by atoms with Gasteiger partial charge in [-0.15, -0.1) is 6.42 Å². The largest absolute Gasteiger partial charge is 0.490 e. The number of anilines is 1. The van der Waals surface area contributed by atoms with Crippen molar-refractivity contribution >= 4 is 40.7 Å². The highest BCUT2D eigenvalue weighted by Crippen LogP contribution is 2.58. The van der Waals surface area contributed by atoms with Crippen LogP contribution in [-0.4, -0.2) is 31.1 Å². The molecule has 6 nitrogen and oxygen atoms in total. The minimum absolute atomic E-state index is 0.0473. The third-order valence-electron chi connectivity index (χ3n) is 8.33. The minimum Gasteiger partial charge on any atom is -0.490 e. The molecule has 8 heteroatoms. The molecule has 2 saturated heterocycles. The van der Waals surface area contributed by atoms with Crippen LogP contribution in [0.2, 0.25) is 5.02 Å². The lowest BCUT2D eigenvalue weighted by Crippen LogP contribution is -2.59. The molecule has 1 aliphatic carbocycles. The van der Waals surface area contributed by atoms with Crippen molar-refractivity contribution in [3.05, 3.63) is 81.4 Å². The van der Waals surface area contributed by atoms with Crippen LogP contribution in [0.3, 0.4) is 0 Å². The minimum atomic E-state index is -1.15. The molecular formula is C31H28Cl2N2O4. The molecule has 1 spiro atoms. The number of rotatable bonds is 4. The number of carbonyl (C=O) groups is 2. The van der Waals surface area contributed by atoms with Crippen molar-refractivity contribution in [3.63, 3.8) is 0 Å². The first-order chi connectivity index (χ1) is 18.9. The number of terminal acetylenes is 1. The quantitative estimate of drug-likeness (QED) is 0.472. The third kappa shape index (κ3) is 4.53. The van der Waals surface area contributed by atoms with Crippen LogP contribution in [0.5, 0.6) is 5.75 Å². The number of nitrogens with one attached hydrogen (secondary N) is 2. The molecule has 4 aliphatic rings. The smallest absolute Gasteiger partial charge is 0.237 e. The standard InChI is InChI=1S/C31H28Cl2N2O4/c1-2-18-6-9-27(39-22-10-12-38-13-11-22)23(14-18)29-31(24-8-7-21(33)16-26(24)34-30(31)37)25(17-28(36)35-29)19-4-3-5-20(32)15-19/h1,3-9,14,16,19,22,25,29H,10-13,15,17H2,(H,34,37)(H,35,36)/t19?,25-,29-,31-/m0/s1. The molecule has 200 valence electrons. The average Bonchev–Trinajstić information content (AvgIpc) is 3.21. The summed E-state index contributed by atoms with van der Waals surface area (Å²) in [6, 6.07) is 10.2. The number of piperidine rings is 1. The van der Waals surface area contributed by atoms with Crippen LogP contribution in [0.4, 0.5) is 5.69 Å². The summed E-state index contributed by atoms with van der Waals surface area (Å²) in [4.78, 5) is 27.7. The monoisotopic (exact) mass is 562 g/mol. The van der Waals surface area contributed by atoms with Crippen LogP contribution in [0.25, 0.3) is 0 Å². The van der Waals surface area contributed by atoms with E-state index in [0.717, 1.165) is 18.4 Å². The van der Waals surface area contributed by atoms with Gasteiger partial charge in [-0.25, -0.2) is 0 Å². The second-order valence-electron chi connectivity index (χ2n) is 10.5. The summed E-state index contributed by atoms with van der Waals surface area (Å²) >= 11 is 12.8. The Morgan fingerprint density at radius 3 is 2.67 bits per heavy atom. The first-order valence-corrected chi connectivity index (χ1v) is 13.9. The Bertz CT molecular complexity index is 1440. The molecule has 2 aromatic carbocycles. The summed E-state index contributed by atoms with van der Waals surface area (Å²) in [5.41, 5.74) is 1.58. The van der Waals surface area contributed by atoms with Crippen molar-refractivity contribution in [1.82, 2.24) is 5.32 Å². The molecule has 2 amide bonds. The highest BCUT2D eigenvalue weighted by Gasteiger charge is 2.62. The number of carbonyl (C=O) groups excluding carboxylic acids is 2. The number of allylic oxidation sites excluding steroid dienone is 4. The molecule has 0 saturated carbocycles. The van der Waals surface area contributed by atoms with E-state index < -0.39 is 11.5 Å². The molecule has 6 rings (SSSR count). The summed E-state index contributed by atoms with van der Waals surface area (Å²) in [7, 11) is 0. The Hall–Kier alpha value is -3.24. The van der Waals surface area contributed by atoms with Crippen molar-refractivity contribution in [2.45, 2.75) is 43.2 Å².